The summed E-state index contributed by atoms with van der Waals surface area (Å²) in [5.74, 6) is 1.04. The van der Waals surface area contributed by atoms with Gasteiger partial charge in [0.25, 0.3) is 0 Å². The minimum Gasteiger partial charge on any atom is -0.482 e. The van der Waals surface area contributed by atoms with Gasteiger partial charge in [-0.3, -0.25) is 0 Å². The number of rotatable bonds is 2. The fraction of sp³-hybridized carbons (Fsp3) is 0.824. The number of hydrogen-bond acceptors (Lipinski definition) is 5. The molecule has 2 aliphatic rings. The van der Waals surface area contributed by atoms with Crippen molar-refractivity contribution in [1.82, 2.24) is 4.90 Å². The quantitative estimate of drug-likeness (QED) is 0.781. The van der Waals surface area contributed by atoms with Gasteiger partial charge < -0.3 is 14.4 Å². The zero-order valence-corrected chi connectivity index (χ0v) is 15.2. The van der Waals surface area contributed by atoms with Crippen LogP contribution in [0.1, 0.15) is 53.9 Å². The van der Waals surface area contributed by atoms with E-state index in [0.717, 1.165) is 25.0 Å². The highest BCUT2D eigenvalue weighted by Gasteiger charge is 2.44. The van der Waals surface area contributed by atoms with E-state index in [1.165, 1.54) is 0 Å². The van der Waals surface area contributed by atoms with E-state index < -0.39 is 5.60 Å². The third kappa shape index (κ3) is 3.67. The molecule has 1 fully saturated rings. The number of hydrogen-bond donors (Lipinski definition) is 0. The number of likely N-dealkylation sites (tertiary alicyclic amines) is 1. The van der Waals surface area contributed by atoms with Crippen molar-refractivity contribution < 1.29 is 14.3 Å². The van der Waals surface area contributed by atoms with Gasteiger partial charge in [-0.25, -0.2) is 4.79 Å². The average Bonchev–Trinajstić information content (AvgIpc) is 2.83. The van der Waals surface area contributed by atoms with E-state index in [-0.39, 0.29) is 11.5 Å². The zero-order valence-electron chi connectivity index (χ0n) is 15.2. The summed E-state index contributed by atoms with van der Waals surface area (Å²) in [4.78, 5) is 13.9. The maximum absolute atomic E-state index is 12.2. The van der Waals surface area contributed by atoms with E-state index in [9.17, 15) is 4.79 Å². The van der Waals surface area contributed by atoms with Gasteiger partial charge in [0.05, 0.1) is 18.2 Å². The summed E-state index contributed by atoms with van der Waals surface area (Å²) in [5, 5.41) is 8.62. The van der Waals surface area contributed by atoms with Crippen LogP contribution in [-0.4, -0.2) is 48.4 Å². The second kappa shape index (κ2) is 6.49. The lowest BCUT2D eigenvalue weighted by Gasteiger charge is -2.36. The first-order chi connectivity index (χ1) is 10.7. The molecular weight excluding hydrogens is 294 g/mol. The molecule has 6 heteroatoms. The Balaban J connectivity index is 1.97. The molecule has 2 rings (SSSR count). The van der Waals surface area contributed by atoms with Crippen molar-refractivity contribution in [2.75, 3.05) is 20.2 Å². The van der Waals surface area contributed by atoms with Crippen LogP contribution >= 0.6 is 0 Å². The highest BCUT2D eigenvalue weighted by Crippen LogP contribution is 2.37. The van der Waals surface area contributed by atoms with Crippen LogP contribution in [0.3, 0.4) is 0 Å². The number of carbonyl (C=O) groups excluding carboxylic acids is 1. The predicted molar refractivity (Wildman–Crippen MR) is 90.8 cm³/mol. The van der Waals surface area contributed by atoms with E-state index in [1.54, 1.807) is 12.0 Å². The summed E-state index contributed by atoms with van der Waals surface area (Å²) in [7, 11) is 1.65. The Kier molecular flexibility index (Phi) is 5.01. The first-order valence-corrected chi connectivity index (χ1v) is 8.39. The number of nitrogens with zero attached hydrogens (tertiary/aromatic N) is 3. The molecular formula is C17H29N3O3. The van der Waals surface area contributed by atoms with Crippen LogP contribution in [0.15, 0.2) is 10.2 Å². The topological polar surface area (TPSA) is 63.5 Å². The summed E-state index contributed by atoms with van der Waals surface area (Å²) in [5.41, 5.74) is 0.430. The van der Waals surface area contributed by atoms with Crippen LogP contribution in [-0.2, 0) is 9.47 Å². The van der Waals surface area contributed by atoms with Gasteiger partial charge in [-0.15, -0.1) is 5.10 Å². The average molecular weight is 323 g/mol. The summed E-state index contributed by atoms with van der Waals surface area (Å²) in [6.45, 7) is 11.3. The van der Waals surface area contributed by atoms with Gasteiger partial charge in [0.2, 0.25) is 5.90 Å². The fourth-order valence-corrected chi connectivity index (χ4v) is 3.22. The summed E-state index contributed by atoms with van der Waals surface area (Å²) >= 11 is 0. The Hall–Kier alpha value is -1.59. The number of ether oxygens (including phenoxy) is 2. The van der Waals surface area contributed by atoms with Crippen LogP contribution in [0.2, 0.25) is 0 Å². The molecule has 0 saturated carbocycles. The molecule has 1 atom stereocenters. The molecule has 23 heavy (non-hydrogen) atoms. The highest BCUT2D eigenvalue weighted by molar-refractivity contribution is 6.12. The Labute approximate surface area is 138 Å². The molecule has 0 aromatic rings. The molecule has 0 aromatic carbocycles. The molecule has 1 unspecified atom stereocenters. The monoisotopic (exact) mass is 323 g/mol. The van der Waals surface area contributed by atoms with E-state index >= 15 is 0 Å². The third-order valence-corrected chi connectivity index (χ3v) is 4.72. The lowest BCUT2D eigenvalue weighted by Crippen LogP contribution is -2.46. The van der Waals surface area contributed by atoms with Gasteiger partial charge in [-0.05, 0) is 47.0 Å². The van der Waals surface area contributed by atoms with E-state index in [4.69, 9.17) is 9.47 Å². The molecule has 6 nitrogen and oxygen atoms in total. The smallest absolute Gasteiger partial charge is 0.410 e. The summed E-state index contributed by atoms with van der Waals surface area (Å²) in [6, 6.07) is 0. The standard InChI is InChI=1S/C17H29N3O3/c1-7-17(5)13(18-19-14(17)22-6)12-8-10-20(11-9-12)15(21)23-16(2,3)4/h12H,7-11H2,1-6H3. The second-order valence-electron chi connectivity index (χ2n) is 7.52. The molecule has 0 spiro atoms. The van der Waals surface area contributed by atoms with Crippen LogP contribution < -0.4 is 0 Å². The molecule has 2 aliphatic heterocycles. The zero-order chi connectivity index (χ0) is 17.3. The molecule has 2 heterocycles. The van der Waals surface area contributed by atoms with Crippen LogP contribution in [0, 0.1) is 11.3 Å². The molecule has 0 radical (unpaired) electrons. The largest absolute Gasteiger partial charge is 0.482 e. The van der Waals surface area contributed by atoms with Crippen molar-refractivity contribution in [3.05, 3.63) is 0 Å². The number of methoxy groups -OCH3 is 1. The maximum atomic E-state index is 12.2. The molecule has 1 amide bonds. The number of carbonyl (C=O) groups is 1. The Morgan fingerprint density at radius 2 is 1.91 bits per heavy atom. The lowest BCUT2D eigenvalue weighted by molar-refractivity contribution is 0.0200. The van der Waals surface area contributed by atoms with E-state index in [1.807, 2.05) is 20.8 Å². The Morgan fingerprint density at radius 3 is 2.39 bits per heavy atom. The summed E-state index contributed by atoms with van der Waals surface area (Å²) < 4.78 is 10.9. The van der Waals surface area contributed by atoms with Gasteiger partial charge in [0.15, 0.2) is 0 Å². The molecule has 0 aromatic heterocycles. The van der Waals surface area contributed by atoms with Gasteiger partial charge in [0.1, 0.15) is 5.60 Å². The van der Waals surface area contributed by atoms with Gasteiger partial charge in [0, 0.05) is 19.0 Å². The normalized spacial score (nSPS) is 25.9. The molecule has 130 valence electrons. The molecule has 1 saturated heterocycles. The number of piperidine rings is 1. The van der Waals surface area contributed by atoms with Crippen molar-refractivity contribution in [1.29, 1.82) is 0 Å². The molecule has 0 N–H and O–H groups in total. The van der Waals surface area contributed by atoms with Crippen LogP contribution in [0.25, 0.3) is 0 Å². The maximum Gasteiger partial charge on any atom is 0.410 e. The van der Waals surface area contributed by atoms with Crippen molar-refractivity contribution in [2.45, 2.75) is 59.5 Å². The van der Waals surface area contributed by atoms with Gasteiger partial charge >= 0.3 is 6.09 Å². The minimum atomic E-state index is -0.453. The van der Waals surface area contributed by atoms with Crippen molar-refractivity contribution in [2.24, 2.45) is 21.5 Å². The van der Waals surface area contributed by atoms with Gasteiger partial charge in [-0.2, -0.15) is 5.10 Å². The van der Waals surface area contributed by atoms with Gasteiger partial charge in [-0.1, -0.05) is 6.92 Å². The van der Waals surface area contributed by atoms with Crippen molar-refractivity contribution >= 4 is 17.7 Å². The third-order valence-electron chi connectivity index (χ3n) is 4.72. The second-order valence-corrected chi connectivity index (χ2v) is 7.52. The predicted octanol–water partition coefficient (Wildman–Crippen LogP) is 3.46. The lowest BCUT2D eigenvalue weighted by atomic mass is 9.74. The first-order valence-electron chi connectivity index (χ1n) is 8.39. The van der Waals surface area contributed by atoms with Crippen LogP contribution in [0.5, 0.6) is 0 Å². The Morgan fingerprint density at radius 1 is 1.30 bits per heavy atom. The Bertz CT molecular complexity index is 514. The van der Waals surface area contributed by atoms with Crippen LogP contribution in [0.4, 0.5) is 4.79 Å². The van der Waals surface area contributed by atoms with Crippen molar-refractivity contribution in [3.8, 4) is 0 Å². The van der Waals surface area contributed by atoms with Crippen molar-refractivity contribution in [3.63, 3.8) is 0 Å². The minimum absolute atomic E-state index is 0.215. The SMILES string of the molecule is CCC1(C)C(OC)=NN=C1C1CCN(C(=O)OC(C)(C)C)CC1. The number of amides is 1. The highest BCUT2D eigenvalue weighted by atomic mass is 16.6. The molecule has 0 bridgehead atoms. The fourth-order valence-electron chi connectivity index (χ4n) is 3.22. The summed E-state index contributed by atoms with van der Waals surface area (Å²) in [6.07, 6.45) is 2.46. The van der Waals surface area contributed by atoms with E-state index in [0.29, 0.717) is 24.9 Å². The first kappa shape index (κ1) is 17.8. The molecule has 0 aliphatic carbocycles. The van der Waals surface area contributed by atoms with E-state index in [2.05, 4.69) is 24.1 Å².